The Morgan fingerprint density at radius 1 is 1.20 bits per heavy atom. The molecule has 1 aliphatic rings. The van der Waals surface area contributed by atoms with Crippen molar-refractivity contribution in [3.63, 3.8) is 0 Å². The van der Waals surface area contributed by atoms with E-state index in [1.165, 1.54) is 7.11 Å². The van der Waals surface area contributed by atoms with E-state index >= 15 is 0 Å². The number of piperidine rings is 1. The van der Waals surface area contributed by atoms with Crippen LogP contribution in [0.5, 0.6) is 0 Å². The summed E-state index contributed by atoms with van der Waals surface area (Å²) in [6.45, 7) is 1.83. The minimum Gasteiger partial charge on any atom is -0.383 e. The SMILES string of the molecule is COCCNC(=O)C1(Nc2ccccc2)CCCN(C(=O)COC)C1. The summed E-state index contributed by atoms with van der Waals surface area (Å²) in [5, 5.41) is 6.27. The van der Waals surface area contributed by atoms with Gasteiger partial charge in [0.1, 0.15) is 12.1 Å². The molecular formula is C18H27N3O4. The first-order valence-corrected chi connectivity index (χ1v) is 8.48. The lowest BCUT2D eigenvalue weighted by Crippen LogP contribution is -2.63. The van der Waals surface area contributed by atoms with E-state index in [0.29, 0.717) is 32.7 Å². The normalized spacial score (nSPS) is 20.2. The van der Waals surface area contributed by atoms with Crippen LogP contribution in [0.3, 0.4) is 0 Å². The van der Waals surface area contributed by atoms with Crippen LogP contribution >= 0.6 is 0 Å². The largest absolute Gasteiger partial charge is 0.383 e. The van der Waals surface area contributed by atoms with Crippen molar-refractivity contribution in [1.29, 1.82) is 0 Å². The van der Waals surface area contributed by atoms with Gasteiger partial charge in [0.15, 0.2) is 0 Å². The lowest BCUT2D eigenvalue weighted by atomic mass is 9.87. The number of likely N-dealkylation sites (tertiary alicyclic amines) is 1. The van der Waals surface area contributed by atoms with Gasteiger partial charge in [-0.15, -0.1) is 0 Å². The summed E-state index contributed by atoms with van der Waals surface area (Å²) < 4.78 is 9.96. The first-order chi connectivity index (χ1) is 12.1. The Labute approximate surface area is 148 Å². The lowest BCUT2D eigenvalue weighted by Gasteiger charge is -2.42. The Morgan fingerprint density at radius 3 is 2.64 bits per heavy atom. The average molecular weight is 349 g/mol. The molecule has 0 radical (unpaired) electrons. The average Bonchev–Trinajstić information content (AvgIpc) is 2.63. The highest BCUT2D eigenvalue weighted by Gasteiger charge is 2.43. The van der Waals surface area contributed by atoms with Gasteiger partial charge < -0.3 is 25.0 Å². The number of para-hydroxylation sites is 1. The van der Waals surface area contributed by atoms with E-state index in [2.05, 4.69) is 10.6 Å². The van der Waals surface area contributed by atoms with E-state index in [1.807, 2.05) is 30.3 Å². The first kappa shape index (κ1) is 19.2. The fraction of sp³-hybridized carbons (Fsp3) is 0.556. The van der Waals surface area contributed by atoms with E-state index in [0.717, 1.165) is 12.1 Å². The molecule has 1 fully saturated rings. The van der Waals surface area contributed by atoms with Crippen molar-refractivity contribution in [2.45, 2.75) is 18.4 Å². The minimum atomic E-state index is -0.864. The molecule has 2 rings (SSSR count). The van der Waals surface area contributed by atoms with Crippen molar-refractivity contribution < 1.29 is 19.1 Å². The van der Waals surface area contributed by atoms with E-state index in [4.69, 9.17) is 9.47 Å². The molecule has 2 N–H and O–H groups in total. The van der Waals surface area contributed by atoms with Crippen LogP contribution in [-0.4, -0.2) is 69.3 Å². The number of nitrogens with zero attached hydrogens (tertiary/aromatic N) is 1. The monoisotopic (exact) mass is 349 g/mol. The van der Waals surface area contributed by atoms with Crippen LogP contribution in [0, 0.1) is 0 Å². The predicted molar refractivity (Wildman–Crippen MR) is 95.4 cm³/mol. The van der Waals surface area contributed by atoms with Crippen molar-refractivity contribution in [2.75, 3.05) is 52.4 Å². The fourth-order valence-corrected chi connectivity index (χ4v) is 3.06. The maximum absolute atomic E-state index is 12.9. The number of hydrogen-bond donors (Lipinski definition) is 2. The summed E-state index contributed by atoms with van der Waals surface area (Å²) in [5.41, 5.74) is -0.0121. The summed E-state index contributed by atoms with van der Waals surface area (Å²) in [4.78, 5) is 26.9. The molecule has 0 bridgehead atoms. The van der Waals surface area contributed by atoms with Gasteiger partial charge in [0, 0.05) is 33.0 Å². The van der Waals surface area contributed by atoms with Gasteiger partial charge >= 0.3 is 0 Å². The Bertz CT molecular complexity index is 567. The Morgan fingerprint density at radius 2 is 1.96 bits per heavy atom. The van der Waals surface area contributed by atoms with E-state index < -0.39 is 5.54 Å². The lowest BCUT2D eigenvalue weighted by molar-refractivity contribution is -0.139. The highest BCUT2D eigenvalue weighted by Crippen LogP contribution is 2.26. The predicted octanol–water partition coefficient (Wildman–Crippen LogP) is 0.869. The Balaban J connectivity index is 2.18. The maximum Gasteiger partial charge on any atom is 0.248 e. The van der Waals surface area contributed by atoms with Crippen LogP contribution in [0.25, 0.3) is 0 Å². The topological polar surface area (TPSA) is 79.9 Å². The summed E-state index contributed by atoms with van der Waals surface area (Å²) in [6, 6.07) is 9.58. The number of rotatable bonds is 8. The summed E-state index contributed by atoms with van der Waals surface area (Å²) in [5.74, 6) is -0.227. The number of hydrogen-bond acceptors (Lipinski definition) is 5. The molecule has 7 nitrogen and oxygen atoms in total. The van der Waals surface area contributed by atoms with Gasteiger partial charge in [-0.2, -0.15) is 0 Å². The van der Waals surface area contributed by atoms with Gasteiger partial charge in [0.05, 0.1) is 13.2 Å². The standard InChI is InChI=1S/C18H27N3O4/c1-24-12-10-19-17(23)18(20-15-7-4-3-5-8-15)9-6-11-21(14-18)16(22)13-25-2/h3-5,7-8,20H,6,9-14H2,1-2H3,(H,19,23). The second-order valence-electron chi connectivity index (χ2n) is 6.17. The zero-order chi connectivity index (χ0) is 18.1. The number of amides is 2. The zero-order valence-corrected chi connectivity index (χ0v) is 14.9. The molecule has 138 valence electrons. The summed E-state index contributed by atoms with van der Waals surface area (Å²) in [6.07, 6.45) is 1.39. The van der Waals surface area contributed by atoms with Gasteiger partial charge in [-0.05, 0) is 25.0 Å². The van der Waals surface area contributed by atoms with Gasteiger partial charge in [-0.1, -0.05) is 18.2 Å². The van der Waals surface area contributed by atoms with Gasteiger partial charge in [0.2, 0.25) is 11.8 Å². The van der Waals surface area contributed by atoms with Crippen LogP contribution in [0.2, 0.25) is 0 Å². The number of methoxy groups -OCH3 is 2. The van der Waals surface area contributed by atoms with Crippen molar-refractivity contribution >= 4 is 17.5 Å². The molecule has 0 saturated carbocycles. The number of carbonyl (C=O) groups is 2. The molecule has 1 heterocycles. The maximum atomic E-state index is 12.9. The number of benzene rings is 1. The second kappa shape index (κ2) is 9.39. The zero-order valence-electron chi connectivity index (χ0n) is 14.9. The molecule has 2 amide bonds. The van der Waals surface area contributed by atoms with Gasteiger partial charge in [-0.3, -0.25) is 9.59 Å². The van der Waals surface area contributed by atoms with Gasteiger partial charge in [0.25, 0.3) is 0 Å². The molecule has 7 heteroatoms. The van der Waals surface area contributed by atoms with Crippen molar-refractivity contribution in [3.05, 3.63) is 30.3 Å². The van der Waals surface area contributed by atoms with E-state index in [9.17, 15) is 9.59 Å². The molecule has 0 spiro atoms. The first-order valence-electron chi connectivity index (χ1n) is 8.48. The molecule has 1 aromatic rings. The quantitative estimate of drug-likeness (QED) is 0.681. The number of ether oxygens (including phenoxy) is 2. The molecule has 1 unspecified atom stereocenters. The van der Waals surface area contributed by atoms with Crippen LogP contribution in [0.15, 0.2) is 30.3 Å². The molecule has 25 heavy (non-hydrogen) atoms. The van der Waals surface area contributed by atoms with Crippen LogP contribution < -0.4 is 10.6 Å². The van der Waals surface area contributed by atoms with Crippen molar-refractivity contribution in [2.24, 2.45) is 0 Å². The number of carbonyl (C=O) groups excluding carboxylic acids is 2. The van der Waals surface area contributed by atoms with Crippen molar-refractivity contribution in [1.82, 2.24) is 10.2 Å². The summed E-state index contributed by atoms with van der Waals surface area (Å²) >= 11 is 0. The molecule has 1 aromatic carbocycles. The molecule has 1 aliphatic heterocycles. The van der Waals surface area contributed by atoms with Crippen LogP contribution in [0.1, 0.15) is 12.8 Å². The van der Waals surface area contributed by atoms with Crippen LogP contribution in [0.4, 0.5) is 5.69 Å². The smallest absolute Gasteiger partial charge is 0.248 e. The van der Waals surface area contributed by atoms with Gasteiger partial charge in [-0.25, -0.2) is 0 Å². The third-order valence-corrected chi connectivity index (χ3v) is 4.30. The molecule has 0 aliphatic carbocycles. The molecule has 1 atom stereocenters. The Hall–Kier alpha value is -2.12. The van der Waals surface area contributed by atoms with Crippen LogP contribution in [-0.2, 0) is 19.1 Å². The third-order valence-electron chi connectivity index (χ3n) is 4.30. The minimum absolute atomic E-state index is 0.0205. The third kappa shape index (κ3) is 5.17. The summed E-state index contributed by atoms with van der Waals surface area (Å²) in [7, 11) is 3.09. The van der Waals surface area contributed by atoms with Crippen molar-refractivity contribution in [3.8, 4) is 0 Å². The number of nitrogens with one attached hydrogen (secondary N) is 2. The fourth-order valence-electron chi connectivity index (χ4n) is 3.06. The highest BCUT2D eigenvalue weighted by molar-refractivity contribution is 5.91. The van der Waals surface area contributed by atoms with E-state index in [-0.39, 0.29) is 18.4 Å². The highest BCUT2D eigenvalue weighted by atomic mass is 16.5. The molecule has 0 aromatic heterocycles. The second-order valence-corrected chi connectivity index (χ2v) is 6.17. The molecule has 1 saturated heterocycles. The Kier molecular flexibility index (Phi) is 7.21. The number of anilines is 1. The van der Waals surface area contributed by atoms with E-state index in [1.54, 1.807) is 12.0 Å². The molecular weight excluding hydrogens is 322 g/mol.